The van der Waals surface area contributed by atoms with Crippen molar-refractivity contribution in [1.82, 2.24) is 10.3 Å². The van der Waals surface area contributed by atoms with E-state index in [4.69, 9.17) is 23.7 Å². The second-order valence-electron chi connectivity index (χ2n) is 13.6. The smallest absolute Gasteiger partial charge is 0.323 e. The molecule has 5 aromatic rings. The average Bonchev–Trinajstić information content (AvgIpc) is 3.18. The van der Waals surface area contributed by atoms with Gasteiger partial charge in [0.05, 0.1) is 57.2 Å². The molecule has 296 valence electrons. The number of rotatable bonds is 19. The zero-order valence-electron chi connectivity index (χ0n) is 32.6. The highest BCUT2D eigenvalue weighted by molar-refractivity contribution is 7.99. The Morgan fingerprint density at radius 3 is 2.18 bits per heavy atom. The number of amides is 3. The molecule has 0 atom stereocenters. The van der Waals surface area contributed by atoms with Gasteiger partial charge in [-0.2, -0.15) is 0 Å². The largest absolute Gasteiger partial charge is 0.492 e. The lowest BCUT2D eigenvalue weighted by molar-refractivity contribution is 0.0255. The first kappa shape index (κ1) is 41.6. The van der Waals surface area contributed by atoms with E-state index >= 15 is 0 Å². The molecular formula is C42H50N6O7S. The van der Waals surface area contributed by atoms with E-state index in [1.165, 1.54) is 11.9 Å². The Balaban J connectivity index is 1.20. The van der Waals surface area contributed by atoms with Gasteiger partial charge in [-0.1, -0.05) is 57.0 Å². The highest BCUT2D eigenvalue weighted by atomic mass is 32.2. The maximum Gasteiger partial charge on any atom is 0.323 e. The second kappa shape index (κ2) is 20.4. The summed E-state index contributed by atoms with van der Waals surface area (Å²) < 4.78 is 31.1. The lowest BCUT2D eigenvalue weighted by Crippen LogP contribution is -2.27. The molecule has 0 fully saturated rings. The van der Waals surface area contributed by atoms with Crippen LogP contribution in [0.1, 0.15) is 36.7 Å². The lowest BCUT2D eigenvalue weighted by atomic mass is 9.86. The fourth-order valence-electron chi connectivity index (χ4n) is 5.63. The normalized spacial score (nSPS) is 11.2. The molecule has 4 aromatic carbocycles. The van der Waals surface area contributed by atoms with Gasteiger partial charge in [0, 0.05) is 54.2 Å². The summed E-state index contributed by atoms with van der Waals surface area (Å²) in [6, 6.07) is 25.6. The van der Waals surface area contributed by atoms with Gasteiger partial charge in [-0.25, -0.2) is 9.78 Å². The number of benzene rings is 4. The summed E-state index contributed by atoms with van der Waals surface area (Å²) >= 11 is 1.45. The van der Waals surface area contributed by atoms with Crippen LogP contribution in [0, 0.1) is 0 Å². The minimum Gasteiger partial charge on any atom is -0.492 e. The van der Waals surface area contributed by atoms with Crippen LogP contribution in [0.4, 0.5) is 33.4 Å². The van der Waals surface area contributed by atoms with E-state index in [-0.39, 0.29) is 11.3 Å². The van der Waals surface area contributed by atoms with Crippen LogP contribution in [0.2, 0.25) is 0 Å². The summed E-state index contributed by atoms with van der Waals surface area (Å²) in [6.07, 6.45) is 3.58. The number of nitrogens with one attached hydrogen (secondary N) is 5. The molecule has 5 N–H and O–H groups in total. The maximum absolute atomic E-state index is 13.5. The van der Waals surface area contributed by atoms with E-state index in [1.807, 2.05) is 66.9 Å². The molecule has 0 bridgehead atoms. The molecule has 5 rings (SSSR count). The number of nitrogens with zero attached hydrogens (tertiary/aromatic N) is 1. The molecule has 0 aliphatic rings. The molecule has 0 saturated carbocycles. The van der Waals surface area contributed by atoms with E-state index in [0.717, 1.165) is 27.7 Å². The third kappa shape index (κ3) is 11.7. The first-order valence-electron chi connectivity index (χ1n) is 18.1. The van der Waals surface area contributed by atoms with E-state index in [9.17, 15) is 9.59 Å². The van der Waals surface area contributed by atoms with Crippen molar-refractivity contribution in [1.29, 1.82) is 0 Å². The third-order valence-corrected chi connectivity index (χ3v) is 8.89. The SMILES string of the molecule is COCCOCCOCCNC(=O)c1ccc(Nc2cc(Oc3ccc(NC(=O)Nc4cc(C(C)(C)C)cc(NSC)c4OC)c4ccccc34)ccn2)cc1. The molecule has 0 saturated heterocycles. The van der Waals surface area contributed by atoms with Crippen LogP contribution in [-0.4, -0.2) is 77.0 Å². The van der Waals surface area contributed by atoms with Crippen LogP contribution in [0.15, 0.2) is 91.1 Å². The van der Waals surface area contributed by atoms with E-state index in [1.54, 1.807) is 44.7 Å². The summed E-state index contributed by atoms with van der Waals surface area (Å²) in [6.45, 7) is 9.12. The maximum atomic E-state index is 13.5. The van der Waals surface area contributed by atoms with Crippen molar-refractivity contribution in [2.75, 3.05) is 80.7 Å². The zero-order valence-corrected chi connectivity index (χ0v) is 33.4. The molecule has 13 nitrogen and oxygen atoms in total. The predicted molar refractivity (Wildman–Crippen MR) is 225 cm³/mol. The van der Waals surface area contributed by atoms with Gasteiger partial charge < -0.3 is 49.7 Å². The number of hydrogen-bond acceptors (Lipinski definition) is 11. The van der Waals surface area contributed by atoms with Crippen molar-refractivity contribution in [3.05, 3.63) is 102 Å². The minimum absolute atomic E-state index is 0.158. The molecule has 14 heteroatoms. The van der Waals surface area contributed by atoms with Crippen molar-refractivity contribution in [2.24, 2.45) is 0 Å². The summed E-state index contributed by atoms with van der Waals surface area (Å²) in [5.41, 5.74) is 4.10. The molecule has 0 unspecified atom stereocenters. The van der Waals surface area contributed by atoms with Crippen LogP contribution >= 0.6 is 11.9 Å². The second-order valence-corrected chi connectivity index (χ2v) is 14.2. The number of pyridine rings is 1. The van der Waals surface area contributed by atoms with Crippen LogP contribution in [-0.2, 0) is 19.6 Å². The predicted octanol–water partition coefficient (Wildman–Crippen LogP) is 8.82. The van der Waals surface area contributed by atoms with Gasteiger partial charge in [-0.3, -0.25) is 4.79 Å². The van der Waals surface area contributed by atoms with Crippen LogP contribution in [0.25, 0.3) is 10.8 Å². The van der Waals surface area contributed by atoms with Gasteiger partial charge >= 0.3 is 6.03 Å². The third-order valence-electron chi connectivity index (χ3n) is 8.47. The van der Waals surface area contributed by atoms with Gasteiger partial charge in [0.1, 0.15) is 17.3 Å². The van der Waals surface area contributed by atoms with Crippen LogP contribution < -0.4 is 35.5 Å². The number of hydrogen-bond donors (Lipinski definition) is 5. The molecule has 0 aliphatic heterocycles. The summed E-state index contributed by atoms with van der Waals surface area (Å²) in [5, 5.41) is 13.7. The van der Waals surface area contributed by atoms with Crippen LogP contribution in [0.3, 0.4) is 0 Å². The first-order valence-corrected chi connectivity index (χ1v) is 19.4. The van der Waals surface area contributed by atoms with Gasteiger partial charge in [-0.15, -0.1) is 0 Å². The Bertz CT molecular complexity index is 2070. The number of ether oxygens (including phenoxy) is 5. The van der Waals surface area contributed by atoms with E-state index < -0.39 is 6.03 Å². The van der Waals surface area contributed by atoms with Crippen molar-refractivity contribution in [2.45, 2.75) is 26.2 Å². The number of fused-ring (bicyclic) bond motifs is 1. The average molecular weight is 783 g/mol. The quantitative estimate of drug-likeness (QED) is 0.0404. The zero-order chi connectivity index (χ0) is 39.9. The summed E-state index contributed by atoms with van der Waals surface area (Å²) in [7, 11) is 3.21. The van der Waals surface area contributed by atoms with Gasteiger partial charge in [0.25, 0.3) is 5.91 Å². The molecule has 3 amide bonds. The Morgan fingerprint density at radius 1 is 0.768 bits per heavy atom. The number of methoxy groups -OCH3 is 2. The molecule has 1 aromatic heterocycles. The number of anilines is 5. The molecule has 0 aliphatic carbocycles. The topological polar surface area (TPSA) is 153 Å². The Kier molecular flexibility index (Phi) is 15.2. The lowest BCUT2D eigenvalue weighted by Gasteiger charge is -2.24. The van der Waals surface area contributed by atoms with Crippen molar-refractivity contribution in [3.8, 4) is 17.2 Å². The van der Waals surface area contributed by atoms with Gasteiger partial charge in [-0.05, 0) is 65.6 Å². The Morgan fingerprint density at radius 2 is 1.46 bits per heavy atom. The number of urea groups is 1. The van der Waals surface area contributed by atoms with Gasteiger partial charge in [0.15, 0.2) is 5.75 Å². The number of aromatic nitrogens is 1. The van der Waals surface area contributed by atoms with Crippen molar-refractivity contribution in [3.63, 3.8) is 0 Å². The van der Waals surface area contributed by atoms with Gasteiger partial charge in [0.2, 0.25) is 0 Å². The highest BCUT2D eigenvalue weighted by Gasteiger charge is 2.21. The van der Waals surface area contributed by atoms with E-state index in [0.29, 0.717) is 79.6 Å². The Labute approximate surface area is 332 Å². The summed E-state index contributed by atoms with van der Waals surface area (Å²) in [4.78, 5) is 30.5. The summed E-state index contributed by atoms with van der Waals surface area (Å²) in [5.74, 6) is 2.07. The molecule has 0 radical (unpaired) electrons. The molecule has 56 heavy (non-hydrogen) atoms. The fraction of sp³-hybridized carbons (Fsp3) is 0.310. The fourth-order valence-corrected chi connectivity index (χ4v) is 6.00. The molecule has 0 spiro atoms. The monoisotopic (exact) mass is 782 g/mol. The van der Waals surface area contributed by atoms with E-state index in [2.05, 4.69) is 51.7 Å². The number of carbonyl (C=O) groups is 2. The standard InChI is InChI=1S/C42H50N6O7S/c1-42(2,3)29-25-35(39(52-5)36(26-29)48-56-6)47-41(50)46-34-15-16-37(33-10-8-7-9-32(33)34)55-31-17-18-43-38(27-31)45-30-13-11-28(12-14-30)40(49)44-19-20-53-23-24-54-22-21-51-4/h7-18,25-27,48H,19-24H2,1-6H3,(H,43,45)(H,44,49)(H2,46,47,50). The Hall–Kier alpha value is -5.54. The van der Waals surface area contributed by atoms with Crippen LogP contribution in [0.5, 0.6) is 17.2 Å². The minimum atomic E-state index is -0.414. The number of carbonyl (C=O) groups excluding carboxylic acids is 2. The van der Waals surface area contributed by atoms with Crippen molar-refractivity contribution < 1.29 is 33.3 Å². The molecular weight excluding hydrogens is 733 g/mol. The molecule has 1 heterocycles. The highest BCUT2D eigenvalue weighted by Crippen LogP contribution is 2.40. The van der Waals surface area contributed by atoms with Crippen molar-refractivity contribution >= 4 is 63.2 Å². The first-order chi connectivity index (χ1) is 27.1.